The van der Waals surface area contributed by atoms with Gasteiger partial charge >= 0.3 is 0 Å². The molecule has 5 nitrogen and oxygen atoms in total. The highest BCUT2D eigenvalue weighted by Gasteiger charge is 2.03. The number of aromatic nitrogens is 4. The minimum atomic E-state index is 0.635. The van der Waals surface area contributed by atoms with Gasteiger partial charge in [-0.3, -0.25) is 0 Å². The molecule has 0 saturated carbocycles. The lowest BCUT2D eigenvalue weighted by Crippen LogP contribution is -2.05. The Morgan fingerprint density at radius 3 is 3.15 bits per heavy atom. The maximum absolute atomic E-state index is 4.23. The van der Waals surface area contributed by atoms with Crippen LogP contribution < -0.4 is 5.32 Å². The number of aryl methyl sites for hydroxylation is 1. The summed E-state index contributed by atoms with van der Waals surface area (Å²) in [5.41, 5.74) is 0.941. The minimum Gasteiger partial charge on any atom is -0.370 e. The fraction of sp³-hybridized carbons (Fsp3) is 0.375. The van der Waals surface area contributed by atoms with Crippen molar-refractivity contribution in [3.8, 4) is 0 Å². The van der Waals surface area contributed by atoms with Gasteiger partial charge in [0.15, 0.2) is 0 Å². The number of nitrogens with zero attached hydrogens (tertiary/aromatic N) is 4. The molecule has 68 valence electrons. The molecule has 0 fully saturated rings. The first kappa shape index (κ1) is 7.97. The minimum absolute atomic E-state index is 0.635. The summed E-state index contributed by atoms with van der Waals surface area (Å²) in [6, 6.07) is 1.95. The lowest BCUT2D eigenvalue weighted by Gasteiger charge is -2.05. The lowest BCUT2D eigenvalue weighted by atomic mass is 10.4. The molecule has 5 heteroatoms. The lowest BCUT2D eigenvalue weighted by molar-refractivity contribution is 0.922. The van der Waals surface area contributed by atoms with E-state index in [1.165, 1.54) is 6.33 Å². The van der Waals surface area contributed by atoms with Gasteiger partial charge in [-0.1, -0.05) is 0 Å². The molecule has 0 aromatic carbocycles. The van der Waals surface area contributed by atoms with Crippen LogP contribution in [0.5, 0.6) is 0 Å². The largest absolute Gasteiger partial charge is 0.370 e. The Bertz CT molecular complexity index is 419. The van der Waals surface area contributed by atoms with Gasteiger partial charge in [0.05, 0.1) is 0 Å². The van der Waals surface area contributed by atoms with E-state index in [9.17, 15) is 0 Å². The predicted molar refractivity (Wildman–Crippen MR) is 49.7 cm³/mol. The van der Waals surface area contributed by atoms with Gasteiger partial charge in [-0.05, 0) is 13.8 Å². The van der Waals surface area contributed by atoms with E-state index in [1.54, 1.807) is 4.52 Å². The summed E-state index contributed by atoms with van der Waals surface area (Å²) in [5, 5.41) is 7.26. The van der Waals surface area contributed by atoms with E-state index in [4.69, 9.17) is 0 Å². The van der Waals surface area contributed by atoms with Crippen LogP contribution in [0.25, 0.3) is 5.78 Å². The van der Waals surface area contributed by atoms with Gasteiger partial charge < -0.3 is 5.32 Å². The van der Waals surface area contributed by atoms with Crippen LogP contribution in [0.3, 0.4) is 0 Å². The van der Waals surface area contributed by atoms with Crippen molar-refractivity contribution in [1.29, 1.82) is 0 Å². The quantitative estimate of drug-likeness (QED) is 0.739. The van der Waals surface area contributed by atoms with Crippen molar-refractivity contribution in [2.45, 2.75) is 13.8 Å². The molecule has 2 heterocycles. The third-order valence-corrected chi connectivity index (χ3v) is 1.74. The molecule has 0 amide bonds. The van der Waals surface area contributed by atoms with Crippen molar-refractivity contribution in [3.63, 3.8) is 0 Å². The molecule has 0 aliphatic rings. The van der Waals surface area contributed by atoms with E-state index in [2.05, 4.69) is 20.4 Å². The first-order valence-corrected chi connectivity index (χ1v) is 4.22. The van der Waals surface area contributed by atoms with E-state index in [1.807, 2.05) is 19.9 Å². The summed E-state index contributed by atoms with van der Waals surface area (Å²) >= 11 is 0. The number of fused-ring (bicyclic) bond motifs is 1. The van der Waals surface area contributed by atoms with Gasteiger partial charge in [-0.2, -0.15) is 14.6 Å². The van der Waals surface area contributed by atoms with Gasteiger partial charge in [0.1, 0.15) is 12.1 Å². The molecule has 1 N–H and O–H groups in total. The predicted octanol–water partition coefficient (Wildman–Crippen LogP) is 0.865. The standard InChI is InChI=1S/C8H11N5/c1-3-9-7-4-6(2)12-8-10-5-11-13(7)8/h4-5,9H,3H2,1-2H3. The molecule has 0 aliphatic heterocycles. The van der Waals surface area contributed by atoms with E-state index < -0.39 is 0 Å². The van der Waals surface area contributed by atoms with Crippen LogP contribution >= 0.6 is 0 Å². The second kappa shape index (κ2) is 3.01. The van der Waals surface area contributed by atoms with Crippen molar-refractivity contribution in [2.24, 2.45) is 0 Å². The monoisotopic (exact) mass is 177 g/mol. The van der Waals surface area contributed by atoms with Crippen LogP contribution in [-0.4, -0.2) is 26.1 Å². The summed E-state index contributed by atoms with van der Waals surface area (Å²) in [4.78, 5) is 8.25. The number of nitrogens with one attached hydrogen (secondary N) is 1. The normalized spacial score (nSPS) is 10.6. The molecule has 13 heavy (non-hydrogen) atoms. The second-order valence-corrected chi connectivity index (χ2v) is 2.78. The van der Waals surface area contributed by atoms with Crippen LogP contribution in [0.4, 0.5) is 5.82 Å². The van der Waals surface area contributed by atoms with Crippen LogP contribution in [-0.2, 0) is 0 Å². The maximum Gasteiger partial charge on any atom is 0.254 e. The zero-order valence-corrected chi connectivity index (χ0v) is 7.65. The molecule has 0 radical (unpaired) electrons. The number of rotatable bonds is 2. The molecule has 2 rings (SSSR count). The summed E-state index contributed by atoms with van der Waals surface area (Å²) in [6.07, 6.45) is 1.50. The Kier molecular flexibility index (Phi) is 1.84. The maximum atomic E-state index is 4.23. The van der Waals surface area contributed by atoms with Gasteiger partial charge in [-0.25, -0.2) is 4.98 Å². The summed E-state index contributed by atoms with van der Waals surface area (Å²) < 4.78 is 1.69. The van der Waals surface area contributed by atoms with Gasteiger partial charge in [-0.15, -0.1) is 0 Å². The van der Waals surface area contributed by atoms with Crippen LogP contribution in [0.15, 0.2) is 12.4 Å². The molecule has 0 spiro atoms. The first-order chi connectivity index (χ1) is 6.31. The van der Waals surface area contributed by atoms with Gasteiger partial charge in [0, 0.05) is 18.3 Å². The van der Waals surface area contributed by atoms with Gasteiger partial charge in [0.2, 0.25) is 0 Å². The van der Waals surface area contributed by atoms with E-state index >= 15 is 0 Å². The summed E-state index contributed by atoms with van der Waals surface area (Å²) in [5.74, 6) is 1.57. The average Bonchev–Trinajstić information content (AvgIpc) is 2.52. The van der Waals surface area contributed by atoms with Crippen LogP contribution in [0.1, 0.15) is 12.6 Å². The number of hydrogen-bond donors (Lipinski definition) is 1. The molecule has 0 aliphatic carbocycles. The van der Waals surface area contributed by atoms with Crippen LogP contribution in [0, 0.1) is 6.92 Å². The first-order valence-electron chi connectivity index (χ1n) is 4.22. The van der Waals surface area contributed by atoms with Crippen molar-refractivity contribution in [2.75, 3.05) is 11.9 Å². The van der Waals surface area contributed by atoms with E-state index in [0.29, 0.717) is 5.78 Å². The topological polar surface area (TPSA) is 55.1 Å². The highest BCUT2D eigenvalue weighted by Crippen LogP contribution is 2.08. The summed E-state index contributed by atoms with van der Waals surface area (Å²) in [7, 11) is 0. The highest BCUT2D eigenvalue weighted by atomic mass is 15.3. The average molecular weight is 177 g/mol. The Balaban J connectivity index is 2.63. The molecule has 2 aromatic rings. The molecule has 0 saturated heterocycles. The summed E-state index contributed by atoms with van der Waals surface area (Å²) in [6.45, 7) is 4.84. The molecule has 0 atom stereocenters. The van der Waals surface area contributed by atoms with E-state index in [0.717, 1.165) is 18.1 Å². The highest BCUT2D eigenvalue weighted by molar-refractivity contribution is 5.44. The Labute approximate surface area is 75.8 Å². The Morgan fingerprint density at radius 2 is 2.38 bits per heavy atom. The SMILES string of the molecule is CCNc1cc(C)nc2ncnn12. The Morgan fingerprint density at radius 1 is 1.54 bits per heavy atom. The van der Waals surface area contributed by atoms with Crippen molar-refractivity contribution in [3.05, 3.63) is 18.1 Å². The third kappa shape index (κ3) is 1.32. The Hall–Kier alpha value is -1.65. The van der Waals surface area contributed by atoms with Crippen LogP contribution in [0.2, 0.25) is 0 Å². The molecule has 0 unspecified atom stereocenters. The number of anilines is 1. The zero-order valence-electron chi connectivity index (χ0n) is 7.65. The zero-order chi connectivity index (χ0) is 9.26. The fourth-order valence-electron chi connectivity index (χ4n) is 1.24. The van der Waals surface area contributed by atoms with Gasteiger partial charge in [0.25, 0.3) is 5.78 Å². The smallest absolute Gasteiger partial charge is 0.254 e. The second-order valence-electron chi connectivity index (χ2n) is 2.78. The van der Waals surface area contributed by atoms with Crippen molar-refractivity contribution in [1.82, 2.24) is 19.6 Å². The number of hydrogen-bond acceptors (Lipinski definition) is 4. The van der Waals surface area contributed by atoms with Crippen molar-refractivity contribution >= 4 is 11.6 Å². The molecular formula is C8H11N5. The fourth-order valence-corrected chi connectivity index (χ4v) is 1.24. The molecule has 0 bridgehead atoms. The van der Waals surface area contributed by atoms with Crippen molar-refractivity contribution < 1.29 is 0 Å². The third-order valence-electron chi connectivity index (χ3n) is 1.74. The molecule has 2 aromatic heterocycles. The molecular weight excluding hydrogens is 166 g/mol. The van der Waals surface area contributed by atoms with E-state index in [-0.39, 0.29) is 0 Å².